The average molecular weight is 391 g/mol. The normalized spacial score (nSPS) is 22.0. The van der Waals surface area contributed by atoms with Crippen molar-refractivity contribution in [2.24, 2.45) is 0 Å². The minimum Gasteiger partial charge on any atom is -0.481 e. The van der Waals surface area contributed by atoms with E-state index in [0.717, 1.165) is 50.2 Å². The lowest BCUT2D eigenvalue weighted by molar-refractivity contribution is 0.127. The van der Waals surface area contributed by atoms with Gasteiger partial charge in [-0.3, -0.25) is 0 Å². The molecule has 2 aromatic rings. The van der Waals surface area contributed by atoms with E-state index >= 15 is 0 Å². The molecule has 7 nitrogen and oxygen atoms in total. The van der Waals surface area contributed by atoms with Crippen LogP contribution in [0.1, 0.15) is 31.7 Å². The summed E-state index contributed by atoms with van der Waals surface area (Å²) in [4.78, 5) is 11.2. The van der Waals surface area contributed by atoms with Gasteiger partial charge in [-0.25, -0.2) is 18.4 Å². The van der Waals surface area contributed by atoms with E-state index in [0.29, 0.717) is 29.5 Å². The zero-order valence-electron chi connectivity index (χ0n) is 15.6. The fourth-order valence-electron chi connectivity index (χ4n) is 4.26. The van der Waals surface area contributed by atoms with Crippen molar-refractivity contribution < 1.29 is 13.2 Å². The third-order valence-electron chi connectivity index (χ3n) is 5.80. The summed E-state index contributed by atoms with van der Waals surface area (Å²) in [6.07, 6.45) is 9.30. The van der Waals surface area contributed by atoms with Crippen LogP contribution in [0, 0.1) is 0 Å². The van der Waals surface area contributed by atoms with Crippen molar-refractivity contribution in [3.05, 3.63) is 30.7 Å². The summed E-state index contributed by atoms with van der Waals surface area (Å²) in [5.41, 5.74) is 1.01. The van der Waals surface area contributed by atoms with Gasteiger partial charge in [0.05, 0.1) is 18.6 Å². The minimum atomic E-state index is -2.80. The van der Waals surface area contributed by atoms with Gasteiger partial charge in [0.2, 0.25) is 5.88 Å². The summed E-state index contributed by atoms with van der Waals surface area (Å²) < 4.78 is 30.8. The van der Waals surface area contributed by atoms with Gasteiger partial charge in [-0.1, -0.05) is 0 Å². The molecule has 0 atom stereocenters. The lowest BCUT2D eigenvalue weighted by Gasteiger charge is -2.39. The molecule has 0 aliphatic carbocycles. The van der Waals surface area contributed by atoms with Gasteiger partial charge in [0.1, 0.15) is 15.7 Å². The van der Waals surface area contributed by atoms with Crippen molar-refractivity contribution in [3.63, 3.8) is 0 Å². The molecule has 27 heavy (non-hydrogen) atoms. The first-order valence-corrected chi connectivity index (χ1v) is 11.4. The number of aromatic nitrogens is 3. The van der Waals surface area contributed by atoms with Crippen LogP contribution in [-0.4, -0.2) is 65.6 Å². The Hall–Kier alpha value is -1.93. The molecule has 0 radical (unpaired) electrons. The number of hydrogen-bond acceptors (Lipinski definition) is 6. The van der Waals surface area contributed by atoms with Gasteiger partial charge >= 0.3 is 0 Å². The summed E-state index contributed by atoms with van der Waals surface area (Å²) in [6, 6.07) is 4.70. The standard InChI is InChI=1S/C19H26N4O3S/c1-26-18-14-15(2-7-20-18)19-21-8-11-23(19)17-3-9-22(10-4-17)16-5-12-27(24,25)13-6-16/h2,7-8,11,14,16-17H,3-6,9-10,12-13H2,1H3. The summed E-state index contributed by atoms with van der Waals surface area (Å²) in [5.74, 6) is 2.21. The van der Waals surface area contributed by atoms with E-state index in [1.165, 1.54) is 0 Å². The first-order valence-electron chi connectivity index (χ1n) is 9.53. The molecule has 0 amide bonds. The number of nitrogens with zero attached hydrogens (tertiary/aromatic N) is 4. The second kappa shape index (κ2) is 7.59. The maximum absolute atomic E-state index is 11.7. The lowest BCUT2D eigenvalue weighted by atomic mass is 10.00. The Labute approximate surface area is 160 Å². The van der Waals surface area contributed by atoms with E-state index in [4.69, 9.17) is 4.74 Å². The van der Waals surface area contributed by atoms with E-state index < -0.39 is 9.84 Å². The molecular weight excluding hydrogens is 364 g/mol. The lowest BCUT2D eigenvalue weighted by Crippen LogP contribution is -2.45. The third kappa shape index (κ3) is 4.01. The maximum Gasteiger partial charge on any atom is 0.213 e. The molecule has 2 aliphatic rings. The number of piperidine rings is 1. The number of likely N-dealkylation sites (tertiary alicyclic amines) is 1. The molecule has 146 valence electrons. The van der Waals surface area contributed by atoms with E-state index in [1.54, 1.807) is 13.3 Å². The molecule has 4 rings (SSSR count). The Morgan fingerprint density at radius 1 is 1.04 bits per heavy atom. The summed E-state index contributed by atoms with van der Waals surface area (Å²) >= 11 is 0. The molecule has 0 N–H and O–H groups in total. The second-order valence-corrected chi connectivity index (χ2v) is 9.70. The first kappa shape index (κ1) is 18.4. The Morgan fingerprint density at radius 3 is 2.48 bits per heavy atom. The zero-order chi connectivity index (χ0) is 18.9. The molecule has 4 heterocycles. The van der Waals surface area contributed by atoms with Crippen molar-refractivity contribution in [3.8, 4) is 17.3 Å². The molecular formula is C19H26N4O3S. The van der Waals surface area contributed by atoms with Crippen LogP contribution in [0.25, 0.3) is 11.4 Å². The monoisotopic (exact) mass is 390 g/mol. The van der Waals surface area contributed by atoms with Crippen LogP contribution in [-0.2, 0) is 9.84 Å². The summed E-state index contributed by atoms with van der Waals surface area (Å²) in [6.45, 7) is 2.01. The predicted molar refractivity (Wildman–Crippen MR) is 104 cm³/mol. The first-order chi connectivity index (χ1) is 13.1. The van der Waals surface area contributed by atoms with Gasteiger partial charge in [-0.2, -0.15) is 0 Å². The second-order valence-electron chi connectivity index (χ2n) is 7.40. The molecule has 0 bridgehead atoms. The van der Waals surface area contributed by atoms with Crippen molar-refractivity contribution in [2.45, 2.75) is 37.8 Å². The highest BCUT2D eigenvalue weighted by Crippen LogP contribution is 2.31. The fraction of sp³-hybridized carbons (Fsp3) is 0.579. The number of hydrogen-bond donors (Lipinski definition) is 0. The quantitative estimate of drug-likeness (QED) is 0.796. The van der Waals surface area contributed by atoms with Crippen LogP contribution in [0.4, 0.5) is 0 Å². The predicted octanol–water partition coefficient (Wildman–Crippen LogP) is 2.17. The Kier molecular flexibility index (Phi) is 5.19. The molecule has 2 saturated heterocycles. The van der Waals surface area contributed by atoms with Gasteiger partial charge < -0.3 is 14.2 Å². The topological polar surface area (TPSA) is 77.3 Å². The SMILES string of the molecule is COc1cc(-c2nccn2C2CCN(C3CCS(=O)(=O)CC3)CC2)ccn1. The highest BCUT2D eigenvalue weighted by molar-refractivity contribution is 7.91. The Morgan fingerprint density at radius 2 is 1.78 bits per heavy atom. The molecule has 0 unspecified atom stereocenters. The van der Waals surface area contributed by atoms with Crippen LogP contribution in [0.2, 0.25) is 0 Å². The Balaban J connectivity index is 1.43. The van der Waals surface area contributed by atoms with Crippen molar-refractivity contribution >= 4 is 9.84 Å². The van der Waals surface area contributed by atoms with E-state index in [1.807, 2.05) is 18.3 Å². The largest absolute Gasteiger partial charge is 0.481 e. The van der Waals surface area contributed by atoms with E-state index in [-0.39, 0.29) is 0 Å². The summed E-state index contributed by atoms with van der Waals surface area (Å²) in [5, 5.41) is 0. The minimum absolute atomic E-state index is 0.340. The molecule has 0 aromatic carbocycles. The number of sulfone groups is 1. The van der Waals surface area contributed by atoms with E-state index in [9.17, 15) is 8.42 Å². The van der Waals surface area contributed by atoms with Gasteiger partial charge in [0, 0.05) is 55.4 Å². The highest BCUT2D eigenvalue weighted by Gasteiger charge is 2.31. The van der Waals surface area contributed by atoms with Crippen LogP contribution in [0.3, 0.4) is 0 Å². The Bertz CT molecular complexity index is 874. The van der Waals surface area contributed by atoms with Crippen molar-refractivity contribution in [1.29, 1.82) is 0 Å². The van der Waals surface area contributed by atoms with Crippen LogP contribution in [0.5, 0.6) is 5.88 Å². The van der Waals surface area contributed by atoms with Crippen LogP contribution < -0.4 is 4.74 Å². The average Bonchev–Trinajstić information content (AvgIpc) is 3.18. The van der Waals surface area contributed by atoms with Gasteiger partial charge in [0.25, 0.3) is 0 Å². The number of imidazole rings is 1. The molecule has 2 aliphatic heterocycles. The number of methoxy groups -OCH3 is 1. The molecule has 2 aromatic heterocycles. The van der Waals surface area contributed by atoms with Crippen LogP contribution in [0.15, 0.2) is 30.7 Å². The zero-order valence-corrected chi connectivity index (χ0v) is 16.4. The van der Waals surface area contributed by atoms with Crippen LogP contribution >= 0.6 is 0 Å². The number of ether oxygens (including phenoxy) is 1. The highest BCUT2D eigenvalue weighted by atomic mass is 32.2. The van der Waals surface area contributed by atoms with Crippen molar-refractivity contribution in [1.82, 2.24) is 19.4 Å². The molecule has 2 fully saturated rings. The number of pyridine rings is 1. The fourth-order valence-corrected chi connectivity index (χ4v) is 5.73. The third-order valence-corrected chi connectivity index (χ3v) is 7.52. The number of rotatable bonds is 4. The molecule has 8 heteroatoms. The van der Waals surface area contributed by atoms with Crippen molar-refractivity contribution in [2.75, 3.05) is 31.7 Å². The molecule has 0 saturated carbocycles. The van der Waals surface area contributed by atoms with Gasteiger partial charge in [-0.15, -0.1) is 0 Å². The maximum atomic E-state index is 11.7. The molecule has 0 spiro atoms. The van der Waals surface area contributed by atoms with E-state index in [2.05, 4.69) is 25.6 Å². The summed E-state index contributed by atoms with van der Waals surface area (Å²) in [7, 11) is -1.18. The van der Waals surface area contributed by atoms with Gasteiger partial charge in [0.15, 0.2) is 0 Å². The smallest absolute Gasteiger partial charge is 0.213 e. The van der Waals surface area contributed by atoms with Gasteiger partial charge in [-0.05, 0) is 31.7 Å².